The van der Waals surface area contributed by atoms with Crippen molar-refractivity contribution in [2.45, 2.75) is 19.3 Å². The van der Waals surface area contributed by atoms with Crippen molar-refractivity contribution < 1.29 is 4.79 Å². The summed E-state index contributed by atoms with van der Waals surface area (Å²) in [6.07, 6.45) is 3.54. The number of fused-ring (bicyclic) bond motifs is 1. The molecule has 0 saturated carbocycles. The molecule has 4 N–H and O–H groups in total. The summed E-state index contributed by atoms with van der Waals surface area (Å²) in [7, 11) is 1.62. The molecule has 0 heterocycles. The lowest BCUT2D eigenvalue weighted by Crippen LogP contribution is -2.17. The molecule has 0 bridgehead atoms. The number of aryl methyl sites for hydroxylation is 2. The van der Waals surface area contributed by atoms with Gasteiger partial charge in [0.1, 0.15) is 0 Å². The fourth-order valence-electron chi connectivity index (χ4n) is 2.76. The molecule has 0 unspecified atom stereocenters. The molecule has 0 aromatic heterocycles. The lowest BCUT2D eigenvalue weighted by molar-refractivity contribution is 0.0963. The zero-order chi connectivity index (χ0) is 14.8. The number of carbonyl (C=O) groups excluding carboxylic acids is 1. The molecule has 0 radical (unpaired) electrons. The highest BCUT2D eigenvalue weighted by Crippen LogP contribution is 2.29. The van der Waals surface area contributed by atoms with Gasteiger partial charge >= 0.3 is 0 Å². The van der Waals surface area contributed by atoms with Crippen molar-refractivity contribution in [1.82, 2.24) is 5.32 Å². The SMILES string of the molecule is CNC(=O)c1ccc(N)c(Nc2ccc3c(c2)CCC3)c1. The summed E-state index contributed by atoms with van der Waals surface area (Å²) in [6, 6.07) is 11.7. The van der Waals surface area contributed by atoms with Crippen molar-refractivity contribution in [2.75, 3.05) is 18.1 Å². The summed E-state index contributed by atoms with van der Waals surface area (Å²) < 4.78 is 0. The minimum Gasteiger partial charge on any atom is -0.397 e. The Labute approximate surface area is 124 Å². The van der Waals surface area contributed by atoms with E-state index in [-0.39, 0.29) is 5.91 Å². The highest BCUT2D eigenvalue weighted by atomic mass is 16.1. The zero-order valence-corrected chi connectivity index (χ0v) is 12.1. The van der Waals surface area contributed by atoms with E-state index in [0.717, 1.165) is 17.8 Å². The summed E-state index contributed by atoms with van der Waals surface area (Å²) >= 11 is 0. The van der Waals surface area contributed by atoms with Gasteiger partial charge in [0.05, 0.1) is 11.4 Å². The molecule has 3 rings (SSSR count). The van der Waals surface area contributed by atoms with Crippen molar-refractivity contribution in [3.8, 4) is 0 Å². The molecule has 0 atom stereocenters. The summed E-state index contributed by atoms with van der Waals surface area (Å²) in [5.41, 5.74) is 11.8. The average Bonchev–Trinajstić information content (AvgIpc) is 2.96. The normalized spacial score (nSPS) is 12.8. The third kappa shape index (κ3) is 2.70. The van der Waals surface area contributed by atoms with Crippen LogP contribution in [-0.4, -0.2) is 13.0 Å². The molecule has 1 aliphatic rings. The smallest absolute Gasteiger partial charge is 0.251 e. The van der Waals surface area contributed by atoms with E-state index in [0.29, 0.717) is 11.3 Å². The second-order valence-electron chi connectivity index (χ2n) is 5.34. The Morgan fingerprint density at radius 3 is 2.71 bits per heavy atom. The predicted molar refractivity (Wildman–Crippen MR) is 86.0 cm³/mol. The first-order chi connectivity index (χ1) is 10.2. The van der Waals surface area contributed by atoms with Crippen molar-refractivity contribution in [3.05, 3.63) is 53.1 Å². The van der Waals surface area contributed by atoms with Gasteiger partial charge in [-0.25, -0.2) is 0 Å². The largest absolute Gasteiger partial charge is 0.397 e. The Bertz CT molecular complexity index is 694. The van der Waals surface area contributed by atoms with Crippen LogP contribution in [0.25, 0.3) is 0 Å². The number of rotatable bonds is 3. The molecule has 2 aromatic carbocycles. The summed E-state index contributed by atoms with van der Waals surface area (Å²) in [4.78, 5) is 11.7. The van der Waals surface area contributed by atoms with Gasteiger partial charge in [-0.1, -0.05) is 6.07 Å². The van der Waals surface area contributed by atoms with Crippen LogP contribution in [0, 0.1) is 0 Å². The maximum absolute atomic E-state index is 11.7. The Hall–Kier alpha value is -2.49. The number of nitrogens with two attached hydrogens (primary N) is 1. The van der Waals surface area contributed by atoms with Gasteiger partial charge in [0.2, 0.25) is 0 Å². The van der Waals surface area contributed by atoms with Gasteiger partial charge in [0.15, 0.2) is 0 Å². The van der Waals surface area contributed by atoms with Crippen LogP contribution in [-0.2, 0) is 12.8 Å². The quantitative estimate of drug-likeness (QED) is 0.758. The van der Waals surface area contributed by atoms with Crippen molar-refractivity contribution in [3.63, 3.8) is 0 Å². The number of nitrogen functional groups attached to an aromatic ring is 1. The number of anilines is 3. The molecule has 4 nitrogen and oxygen atoms in total. The number of benzene rings is 2. The van der Waals surface area contributed by atoms with Crippen LogP contribution in [0.3, 0.4) is 0 Å². The highest BCUT2D eigenvalue weighted by molar-refractivity contribution is 5.96. The van der Waals surface area contributed by atoms with Gasteiger partial charge in [0, 0.05) is 18.3 Å². The van der Waals surface area contributed by atoms with Gasteiger partial charge in [-0.2, -0.15) is 0 Å². The molecule has 1 amide bonds. The van der Waals surface area contributed by atoms with E-state index >= 15 is 0 Å². The molecule has 4 heteroatoms. The summed E-state index contributed by atoms with van der Waals surface area (Å²) in [6.45, 7) is 0. The fourth-order valence-corrected chi connectivity index (χ4v) is 2.76. The van der Waals surface area contributed by atoms with Gasteiger partial charge in [0.25, 0.3) is 5.91 Å². The summed E-state index contributed by atoms with van der Waals surface area (Å²) in [5, 5.41) is 5.93. The van der Waals surface area contributed by atoms with Crippen LogP contribution >= 0.6 is 0 Å². The second kappa shape index (κ2) is 5.48. The van der Waals surface area contributed by atoms with Crippen LogP contribution < -0.4 is 16.4 Å². The molecule has 0 spiro atoms. The first kappa shape index (κ1) is 13.5. The van der Waals surface area contributed by atoms with Gasteiger partial charge in [-0.05, 0) is 60.7 Å². The topological polar surface area (TPSA) is 67.2 Å². The minimum absolute atomic E-state index is 0.119. The average molecular weight is 281 g/mol. The molecule has 108 valence electrons. The third-order valence-electron chi connectivity index (χ3n) is 3.92. The Balaban J connectivity index is 1.89. The monoisotopic (exact) mass is 281 g/mol. The number of carbonyl (C=O) groups is 1. The van der Waals surface area contributed by atoms with Gasteiger partial charge < -0.3 is 16.4 Å². The van der Waals surface area contributed by atoms with E-state index in [4.69, 9.17) is 5.73 Å². The highest BCUT2D eigenvalue weighted by Gasteiger charge is 2.12. The summed E-state index contributed by atoms with van der Waals surface area (Å²) in [5.74, 6) is -0.119. The lowest BCUT2D eigenvalue weighted by atomic mass is 10.1. The predicted octanol–water partition coefficient (Wildman–Crippen LogP) is 2.86. The molecule has 0 fully saturated rings. The second-order valence-corrected chi connectivity index (χ2v) is 5.34. The number of amides is 1. The number of nitrogens with one attached hydrogen (secondary N) is 2. The third-order valence-corrected chi connectivity index (χ3v) is 3.92. The van der Waals surface area contributed by atoms with E-state index in [1.54, 1.807) is 25.2 Å². The standard InChI is InChI=1S/C17H19N3O/c1-19-17(21)13-6-8-15(18)16(10-13)20-14-7-5-11-3-2-4-12(11)9-14/h5-10,20H,2-4,18H2,1H3,(H,19,21). The Kier molecular flexibility index (Phi) is 3.52. The Morgan fingerprint density at radius 2 is 1.90 bits per heavy atom. The molecular formula is C17H19N3O. The lowest BCUT2D eigenvalue weighted by Gasteiger charge is -2.12. The van der Waals surface area contributed by atoms with Crippen molar-refractivity contribution in [2.24, 2.45) is 0 Å². The fraction of sp³-hybridized carbons (Fsp3) is 0.235. The van der Waals surface area contributed by atoms with Crippen LogP contribution in [0.15, 0.2) is 36.4 Å². The molecule has 0 saturated heterocycles. The maximum atomic E-state index is 11.7. The number of hydrogen-bond acceptors (Lipinski definition) is 3. The number of hydrogen-bond donors (Lipinski definition) is 3. The van der Waals surface area contributed by atoms with Crippen molar-refractivity contribution in [1.29, 1.82) is 0 Å². The van der Waals surface area contributed by atoms with E-state index in [1.807, 2.05) is 0 Å². The minimum atomic E-state index is -0.119. The van der Waals surface area contributed by atoms with E-state index in [9.17, 15) is 4.79 Å². The van der Waals surface area contributed by atoms with Crippen LogP contribution in [0.2, 0.25) is 0 Å². The molecule has 21 heavy (non-hydrogen) atoms. The first-order valence-electron chi connectivity index (χ1n) is 7.18. The maximum Gasteiger partial charge on any atom is 0.251 e. The Morgan fingerprint density at radius 1 is 1.10 bits per heavy atom. The van der Waals surface area contributed by atoms with E-state index in [1.165, 1.54) is 24.0 Å². The van der Waals surface area contributed by atoms with Crippen LogP contribution in [0.1, 0.15) is 27.9 Å². The molecule has 2 aromatic rings. The van der Waals surface area contributed by atoms with Crippen LogP contribution in [0.4, 0.5) is 17.1 Å². The van der Waals surface area contributed by atoms with E-state index < -0.39 is 0 Å². The zero-order valence-electron chi connectivity index (χ0n) is 12.1. The van der Waals surface area contributed by atoms with E-state index in [2.05, 4.69) is 28.8 Å². The van der Waals surface area contributed by atoms with Crippen molar-refractivity contribution >= 4 is 23.0 Å². The first-order valence-corrected chi connectivity index (χ1v) is 7.18. The molecule has 0 aliphatic heterocycles. The van der Waals surface area contributed by atoms with Crippen LogP contribution in [0.5, 0.6) is 0 Å². The van der Waals surface area contributed by atoms with Gasteiger partial charge in [-0.15, -0.1) is 0 Å². The molecule has 1 aliphatic carbocycles. The van der Waals surface area contributed by atoms with Gasteiger partial charge in [-0.3, -0.25) is 4.79 Å². The molecular weight excluding hydrogens is 262 g/mol.